The lowest BCUT2D eigenvalue weighted by Crippen LogP contribution is -2.37. The molecule has 0 radical (unpaired) electrons. The average molecular weight is 359 g/mol. The van der Waals surface area contributed by atoms with Crippen molar-refractivity contribution in [2.24, 2.45) is 5.92 Å². The molecule has 0 fully saturated rings. The number of rotatable bonds is 5. The van der Waals surface area contributed by atoms with Crippen LogP contribution in [0.4, 0.5) is 0 Å². The number of ether oxygens (including phenoxy) is 1. The Balaban J connectivity index is 2.84. The van der Waals surface area contributed by atoms with E-state index in [-0.39, 0.29) is 11.0 Å². The fourth-order valence-corrected chi connectivity index (χ4v) is 1.90. The highest BCUT2D eigenvalue weighted by Gasteiger charge is 2.14. The van der Waals surface area contributed by atoms with Crippen molar-refractivity contribution in [3.05, 3.63) is 28.2 Å². The Labute approximate surface area is 133 Å². The zero-order valence-corrected chi connectivity index (χ0v) is 14.2. The van der Waals surface area contributed by atoms with Crippen LogP contribution >= 0.6 is 28.1 Å². The van der Waals surface area contributed by atoms with Gasteiger partial charge in [0.05, 0.1) is 12.2 Å². The molecular formula is C14H19BrN2O2S. The lowest BCUT2D eigenvalue weighted by molar-refractivity contribution is 0.0972. The molecule has 0 heterocycles. The Morgan fingerprint density at radius 1 is 1.45 bits per heavy atom. The second-order valence-corrected chi connectivity index (χ2v) is 6.03. The van der Waals surface area contributed by atoms with Gasteiger partial charge in [-0.2, -0.15) is 0 Å². The molecule has 0 spiro atoms. The minimum Gasteiger partial charge on any atom is -0.493 e. The van der Waals surface area contributed by atoms with Gasteiger partial charge in [-0.3, -0.25) is 10.1 Å². The first kappa shape index (κ1) is 16.9. The largest absolute Gasteiger partial charge is 0.493 e. The van der Waals surface area contributed by atoms with E-state index in [1.54, 1.807) is 19.2 Å². The molecule has 4 nitrogen and oxygen atoms in total. The molecule has 110 valence electrons. The van der Waals surface area contributed by atoms with Gasteiger partial charge in [-0.15, -0.1) is 0 Å². The van der Waals surface area contributed by atoms with Gasteiger partial charge in [0.1, 0.15) is 5.75 Å². The van der Waals surface area contributed by atoms with Crippen LogP contribution in [0.2, 0.25) is 0 Å². The van der Waals surface area contributed by atoms with Gasteiger partial charge in [-0.1, -0.05) is 29.8 Å². The standard InChI is InChI=1S/C14H19BrN2O2S/c1-9(2)6-7-19-12-5-4-10(15)8-11(12)13(18)17-14(20)16-3/h4-5,8-9H,6-7H2,1-3H3,(H2,16,17,18,20). The summed E-state index contributed by atoms with van der Waals surface area (Å²) in [6, 6.07) is 5.35. The molecule has 1 rings (SSSR count). The van der Waals surface area contributed by atoms with Gasteiger partial charge in [-0.05, 0) is 42.8 Å². The SMILES string of the molecule is CNC(=S)NC(=O)c1cc(Br)ccc1OCCC(C)C. The summed E-state index contributed by atoms with van der Waals surface area (Å²) in [4.78, 5) is 12.1. The third-order valence-corrected chi connectivity index (χ3v) is 3.39. The van der Waals surface area contributed by atoms with Gasteiger partial charge in [-0.25, -0.2) is 0 Å². The van der Waals surface area contributed by atoms with E-state index in [2.05, 4.69) is 40.4 Å². The Bertz CT molecular complexity index is 492. The summed E-state index contributed by atoms with van der Waals surface area (Å²) in [6.07, 6.45) is 0.937. The molecule has 0 saturated heterocycles. The van der Waals surface area contributed by atoms with Crippen molar-refractivity contribution in [3.63, 3.8) is 0 Å². The number of nitrogens with one attached hydrogen (secondary N) is 2. The Morgan fingerprint density at radius 3 is 2.75 bits per heavy atom. The number of hydrogen-bond donors (Lipinski definition) is 2. The molecule has 0 aromatic heterocycles. The zero-order chi connectivity index (χ0) is 15.1. The lowest BCUT2D eigenvalue weighted by atomic mass is 10.1. The maximum atomic E-state index is 12.1. The fraction of sp³-hybridized carbons (Fsp3) is 0.429. The predicted molar refractivity (Wildman–Crippen MR) is 88.2 cm³/mol. The molecule has 0 aliphatic heterocycles. The number of halogens is 1. The fourth-order valence-electron chi connectivity index (χ4n) is 1.44. The van der Waals surface area contributed by atoms with Crippen molar-refractivity contribution in [3.8, 4) is 5.75 Å². The zero-order valence-electron chi connectivity index (χ0n) is 11.8. The average Bonchev–Trinajstić information content (AvgIpc) is 2.39. The molecule has 2 N–H and O–H groups in total. The molecule has 1 aromatic carbocycles. The maximum absolute atomic E-state index is 12.1. The van der Waals surface area contributed by atoms with Crippen molar-refractivity contribution in [2.75, 3.05) is 13.7 Å². The van der Waals surface area contributed by atoms with E-state index in [9.17, 15) is 4.79 Å². The minimum absolute atomic E-state index is 0.281. The summed E-state index contributed by atoms with van der Waals surface area (Å²) in [7, 11) is 1.66. The molecule has 0 unspecified atom stereocenters. The molecular weight excluding hydrogens is 340 g/mol. The molecule has 0 aliphatic carbocycles. The van der Waals surface area contributed by atoms with Gasteiger partial charge in [0.2, 0.25) is 0 Å². The molecule has 0 aliphatic rings. The molecule has 6 heteroatoms. The number of thiocarbonyl (C=S) groups is 1. The first-order chi connectivity index (χ1) is 9.43. The highest BCUT2D eigenvalue weighted by atomic mass is 79.9. The third-order valence-electron chi connectivity index (χ3n) is 2.59. The van der Waals surface area contributed by atoms with Crippen LogP contribution in [-0.2, 0) is 0 Å². The minimum atomic E-state index is -0.287. The summed E-state index contributed by atoms with van der Waals surface area (Å²) in [5, 5.41) is 5.58. The van der Waals surface area contributed by atoms with Crippen LogP contribution in [0, 0.1) is 5.92 Å². The van der Waals surface area contributed by atoms with Crippen LogP contribution in [0.1, 0.15) is 30.6 Å². The van der Waals surface area contributed by atoms with Crippen molar-refractivity contribution >= 4 is 39.2 Å². The van der Waals surface area contributed by atoms with Crippen LogP contribution in [-0.4, -0.2) is 24.7 Å². The molecule has 0 saturated carbocycles. The summed E-state index contributed by atoms with van der Waals surface area (Å²) >= 11 is 8.29. The van der Waals surface area contributed by atoms with Crippen LogP contribution in [0.5, 0.6) is 5.75 Å². The van der Waals surface area contributed by atoms with Crippen molar-refractivity contribution in [1.82, 2.24) is 10.6 Å². The summed E-state index contributed by atoms with van der Waals surface area (Å²) in [5.41, 5.74) is 0.459. The second kappa shape index (κ2) is 8.21. The van der Waals surface area contributed by atoms with E-state index in [1.165, 1.54) is 0 Å². The normalized spacial score (nSPS) is 10.2. The predicted octanol–water partition coefficient (Wildman–Crippen LogP) is 3.11. The highest BCUT2D eigenvalue weighted by Crippen LogP contribution is 2.23. The number of hydrogen-bond acceptors (Lipinski definition) is 3. The van der Waals surface area contributed by atoms with E-state index in [1.807, 2.05) is 6.07 Å². The second-order valence-electron chi connectivity index (χ2n) is 4.70. The summed E-state index contributed by atoms with van der Waals surface area (Å²) < 4.78 is 6.51. The van der Waals surface area contributed by atoms with Crippen molar-refractivity contribution < 1.29 is 9.53 Å². The Kier molecular flexibility index (Phi) is 6.95. The van der Waals surface area contributed by atoms with Crippen molar-refractivity contribution in [2.45, 2.75) is 20.3 Å². The molecule has 0 bridgehead atoms. The number of amides is 1. The monoisotopic (exact) mass is 358 g/mol. The molecule has 0 atom stereocenters. The quantitative estimate of drug-likeness (QED) is 0.794. The van der Waals surface area contributed by atoms with Gasteiger partial charge in [0.25, 0.3) is 5.91 Å². The van der Waals surface area contributed by atoms with E-state index in [0.29, 0.717) is 23.8 Å². The maximum Gasteiger partial charge on any atom is 0.261 e. The van der Waals surface area contributed by atoms with Gasteiger partial charge in [0.15, 0.2) is 5.11 Å². The van der Waals surface area contributed by atoms with Crippen LogP contribution in [0.3, 0.4) is 0 Å². The number of benzene rings is 1. The first-order valence-electron chi connectivity index (χ1n) is 6.39. The van der Waals surface area contributed by atoms with E-state index < -0.39 is 0 Å². The number of carbonyl (C=O) groups is 1. The van der Waals surface area contributed by atoms with Gasteiger partial charge >= 0.3 is 0 Å². The number of carbonyl (C=O) groups excluding carboxylic acids is 1. The van der Waals surface area contributed by atoms with Crippen LogP contribution in [0.15, 0.2) is 22.7 Å². The van der Waals surface area contributed by atoms with Crippen molar-refractivity contribution in [1.29, 1.82) is 0 Å². The molecule has 1 amide bonds. The van der Waals surface area contributed by atoms with E-state index in [4.69, 9.17) is 17.0 Å². The molecule has 20 heavy (non-hydrogen) atoms. The smallest absolute Gasteiger partial charge is 0.261 e. The van der Waals surface area contributed by atoms with Gasteiger partial charge in [0, 0.05) is 11.5 Å². The van der Waals surface area contributed by atoms with E-state index in [0.717, 1.165) is 10.9 Å². The third kappa shape index (κ3) is 5.46. The topological polar surface area (TPSA) is 50.4 Å². The molecule has 1 aromatic rings. The van der Waals surface area contributed by atoms with Crippen LogP contribution < -0.4 is 15.4 Å². The Morgan fingerprint density at radius 2 is 2.15 bits per heavy atom. The van der Waals surface area contributed by atoms with Crippen LogP contribution in [0.25, 0.3) is 0 Å². The summed E-state index contributed by atoms with van der Waals surface area (Å²) in [5.74, 6) is 0.829. The highest BCUT2D eigenvalue weighted by molar-refractivity contribution is 9.10. The van der Waals surface area contributed by atoms with E-state index >= 15 is 0 Å². The lowest BCUT2D eigenvalue weighted by Gasteiger charge is -2.13. The first-order valence-corrected chi connectivity index (χ1v) is 7.59. The van der Waals surface area contributed by atoms with Gasteiger partial charge < -0.3 is 10.1 Å². The Hall–Kier alpha value is -1.14. The summed E-state index contributed by atoms with van der Waals surface area (Å²) in [6.45, 7) is 4.84.